The van der Waals surface area contributed by atoms with Crippen LogP contribution in [0.5, 0.6) is 0 Å². The minimum absolute atomic E-state index is 0.0400. The molecule has 4 heteroatoms. The summed E-state index contributed by atoms with van der Waals surface area (Å²) in [5.41, 5.74) is 0.963. The zero-order valence-corrected chi connectivity index (χ0v) is 9.92. The molecule has 1 fully saturated rings. The van der Waals surface area contributed by atoms with Gasteiger partial charge in [-0.25, -0.2) is 0 Å². The van der Waals surface area contributed by atoms with Gasteiger partial charge in [0.25, 0.3) is 0 Å². The molecule has 0 bridgehead atoms. The molecule has 0 saturated carbocycles. The first-order valence-electron chi connectivity index (χ1n) is 5.44. The van der Waals surface area contributed by atoms with E-state index in [9.17, 15) is 4.79 Å². The Hall–Kier alpha value is -1.06. The molecule has 1 aromatic carbocycles. The zero-order chi connectivity index (χ0) is 11.5. The standard InChI is InChI=1S/C12H15ClN2O/c1-8(10-4-2-3-5-11(10)13)15-12(16)9-6-14-7-9/h2-5,8-9,14H,6-7H2,1H3,(H,15,16). The van der Waals surface area contributed by atoms with E-state index in [2.05, 4.69) is 10.6 Å². The minimum atomic E-state index is -0.0400. The Kier molecular flexibility index (Phi) is 3.46. The number of carbonyl (C=O) groups excluding carboxylic acids is 1. The molecule has 1 aromatic rings. The van der Waals surface area contributed by atoms with Crippen molar-refractivity contribution in [1.82, 2.24) is 10.6 Å². The lowest BCUT2D eigenvalue weighted by atomic mass is 10.0. The van der Waals surface area contributed by atoms with Gasteiger partial charge >= 0.3 is 0 Å². The molecular weight excluding hydrogens is 224 g/mol. The summed E-state index contributed by atoms with van der Waals surface area (Å²) < 4.78 is 0. The van der Waals surface area contributed by atoms with Crippen molar-refractivity contribution in [3.8, 4) is 0 Å². The molecule has 2 N–H and O–H groups in total. The van der Waals surface area contributed by atoms with E-state index in [-0.39, 0.29) is 17.9 Å². The second kappa shape index (κ2) is 4.85. The Morgan fingerprint density at radius 1 is 1.50 bits per heavy atom. The van der Waals surface area contributed by atoms with Gasteiger partial charge in [-0.2, -0.15) is 0 Å². The van der Waals surface area contributed by atoms with Crippen LogP contribution in [0.25, 0.3) is 0 Å². The molecule has 2 rings (SSSR count). The predicted molar refractivity (Wildman–Crippen MR) is 64.4 cm³/mol. The van der Waals surface area contributed by atoms with Crippen LogP contribution in [0.2, 0.25) is 5.02 Å². The Labute approximate surface area is 100 Å². The van der Waals surface area contributed by atoms with Gasteiger partial charge in [-0.3, -0.25) is 4.79 Å². The summed E-state index contributed by atoms with van der Waals surface area (Å²) in [6, 6.07) is 7.55. The summed E-state index contributed by atoms with van der Waals surface area (Å²) in [6.07, 6.45) is 0. The second-order valence-electron chi connectivity index (χ2n) is 4.11. The number of benzene rings is 1. The van der Waals surface area contributed by atoms with Gasteiger partial charge in [0, 0.05) is 18.1 Å². The van der Waals surface area contributed by atoms with Gasteiger partial charge in [0.2, 0.25) is 5.91 Å². The molecule has 16 heavy (non-hydrogen) atoms. The Morgan fingerprint density at radius 2 is 2.19 bits per heavy atom. The molecular formula is C12H15ClN2O. The van der Waals surface area contributed by atoms with Crippen molar-refractivity contribution in [2.75, 3.05) is 13.1 Å². The molecule has 0 spiro atoms. The van der Waals surface area contributed by atoms with Crippen molar-refractivity contribution in [3.05, 3.63) is 34.9 Å². The maximum absolute atomic E-state index is 11.7. The SMILES string of the molecule is CC(NC(=O)C1CNC1)c1ccccc1Cl. The summed E-state index contributed by atoms with van der Waals surface area (Å²) >= 11 is 6.07. The number of hydrogen-bond acceptors (Lipinski definition) is 2. The Morgan fingerprint density at radius 3 is 2.75 bits per heavy atom. The summed E-state index contributed by atoms with van der Waals surface area (Å²) in [7, 11) is 0. The van der Waals surface area contributed by atoms with Gasteiger partial charge in [0.1, 0.15) is 0 Å². The quantitative estimate of drug-likeness (QED) is 0.842. The van der Waals surface area contributed by atoms with Crippen LogP contribution < -0.4 is 10.6 Å². The van der Waals surface area contributed by atoms with Crippen LogP contribution in [-0.2, 0) is 4.79 Å². The largest absolute Gasteiger partial charge is 0.349 e. The predicted octanol–water partition coefficient (Wildman–Crippen LogP) is 1.74. The number of nitrogens with one attached hydrogen (secondary N) is 2. The number of amides is 1. The normalized spacial score (nSPS) is 17.6. The summed E-state index contributed by atoms with van der Waals surface area (Å²) in [5, 5.41) is 6.75. The third kappa shape index (κ3) is 2.36. The van der Waals surface area contributed by atoms with Gasteiger partial charge in [-0.15, -0.1) is 0 Å². The molecule has 1 atom stereocenters. The first kappa shape index (κ1) is 11.4. The van der Waals surface area contributed by atoms with Crippen LogP contribution in [-0.4, -0.2) is 19.0 Å². The molecule has 1 amide bonds. The van der Waals surface area contributed by atoms with Crippen LogP contribution >= 0.6 is 11.6 Å². The van der Waals surface area contributed by atoms with E-state index in [0.717, 1.165) is 18.7 Å². The number of carbonyl (C=O) groups is 1. The zero-order valence-electron chi connectivity index (χ0n) is 9.16. The fourth-order valence-electron chi connectivity index (χ4n) is 1.71. The fourth-order valence-corrected chi connectivity index (χ4v) is 2.01. The number of hydrogen-bond donors (Lipinski definition) is 2. The maximum Gasteiger partial charge on any atom is 0.226 e. The fraction of sp³-hybridized carbons (Fsp3) is 0.417. The summed E-state index contributed by atoms with van der Waals surface area (Å²) in [4.78, 5) is 11.7. The van der Waals surface area contributed by atoms with E-state index in [0.29, 0.717) is 5.02 Å². The molecule has 1 unspecified atom stereocenters. The minimum Gasteiger partial charge on any atom is -0.349 e. The van der Waals surface area contributed by atoms with E-state index < -0.39 is 0 Å². The highest BCUT2D eigenvalue weighted by Gasteiger charge is 2.26. The van der Waals surface area contributed by atoms with E-state index in [1.54, 1.807) is 0 Å². The van der Waals surface area contributed by atoms with Gasteiger partial charge in [0.05, 0.1) is 12.0 Å². The lowest BCUT2D eigenvalue weighted by Gasteiger charge is -2.27. The molecule has 1 aliphatic rings. The molecule has 3 nitrogen and oxygen atoms in total. The number of halogens is 1. The molecule has 0 radical (unpaired) electrons. The van der Waals surface area contributed by atoms with Crippen LogP contribution in [0.15, 0.2) is 24.3 Å². The number of rotatable bonds is 3. The monoisotopic (exact) mass is 238 g/mol. The van der Waals surface area contributed by atoms with Crippen molar-refractivity contribution in [2.45, 2.75) is 13.0 Å². The summed E-state index contributed by atoms with van der Waals surface area (Å²) in [6.45, 7) is 3.51. The lowest BCUT2D eigenvalue weighted by molar-refractivity contribution is -0.127. The van der Waals surface area contributed by atoms with Crippen molar-refractivity contribution >= 4 is 17.5 Å². The average molecular weight is 239 g/mol. The van der Waals surface area contributed by atoms with Crippen LogP contribution in [0.4, 0.5) is 0 Å². The molecule has 0 aromatic heterocycles. The lowest BCUT2D eigenvalue weighted by Crippen LogP contribution is -2.51. The van der Waals surface area contributed by atoms with Crippen molar-refractivity contribution in [1.29, 1.82) is 0 Å². The third-order valence-electron chi connectivity index (χ3n) is 2.88. The van der Waals surface area contributed by atoms with E-state index in [1.807, 2.05) is 31.2 Å². The smallest absolute Gasteiger partial charge is 0.226 e. The van der Waals surface area contributed by atoms with Crippen molar-refractivity contribution < 1.29 is 4.79 Å². The molecule has 86 valence electrons. The molecule has 1 aliphatic heterocycles. The maximum atomic E-state index is 11.7. The Balaban J connectivity index is 1.99. The highest BCUT2D eigenvalue weighted by Crippen LogP contribution is 2.22. The van der Waals surface area contributed by atoms with Crippen LogP contribution in [0.1, 0.15) is 18.5 Å². The molecule has 1 heterocycles. The highest BCUT2D eigenvalue weighted by molar-refractivity contribution is 6.31. The van der Waals surface area contributed by atoms with Gasteiger partial charge < -0.3 is 10.6 Å². The van der Waals surface area contributed by atoms with E-state index in [1.165, 1.54) is 0 Å². The summed E-state index contributed by atoms with van der Waals surface area (Å²) in [5.74, 6) is 0.219. The molecule has 0 aliphatic carbocycles. The first-order valence-corrected chi connectivity index (χ1v) is 5.82. The van der Waals surface area contributed by atoms with Gasteiger partial charge in [-0.1, -0.05) is 29.8 Å². The second-order valence-corrected chi connectivity index (χ2v) is 4.51. The van der Waals surface area contributed by atoms with E-state index >= 15 is 0 Å². The Bertz CT molecular complexity index is 390. The van der Waals surface area contributed by atoms with E-state index in [4.69, 9.17) is 11.6 Å². The topological polar surface area (TPSA) is 41.1 Å². The third-order valence-corrected chi connectivity index (χ3v) is 3.23. The van der Waals surface area contributed by atoms with Gasteiger partial charge in [-0.05, 0) is 18.6 Å². The molecule has 1 saturated heterocycles. The first-order chi connectivity index (χ1) is 7.68. The van der Waals surface area contributed by atoms with Gasteiger partial charge in [0.15, 0.2) is 0 Å². The average Bonchev–Trinajstić information content (AvgIpc) is 2.15. The van der Waals surface area contributed by atoms with Crippen molar-refractivity contribution in [3.63, 3.8) is 0 Å². The van der Waals surface area contributed by atoms with Crippen LogP contribution in [0.3, 0.4) is 0 Å². The van der Waals surface area contributed by atoms with Crippen molar-refractivity contribution in [2.24, 2.45) is 5.92 Å². The highest BCUT2D eigenvalue weighted by atomic mass is 35.5. The van der Waals surface area contributed by atoms with Crippen LogP contribution in [0, 0.1) is 5.92 Å².